The minimum absolute atomic E-state index is 0.564. The molecule has 6 nitrogen and oxygen atoms in total. The molecule has 7 heteroatoms. The summed E-state index contributed by atoms with van der Waals surface area (Å²) in [5.41, 5.74) is 0.955. The highest BCUT2D eigenvalue weighted by atomic mass is 32.2. The number of rotatable bonds is 9. The van der Waals surface area contributed by atoms with Gasteiger partial charge in [0.05, 0.1) is 6.61 Å². The molecular formula is C22H30N4O2S. The molecule has 0 bridgehead atoms. The van der Waals surface area contributed by atoms with E-state index in [1.807, 2.05) is 48.2 Å². The molecule has 2 aromatic rings. The Morgan fingerprint density at radius 2 is 2.07 bits per heavy atom. The van der Waals surface area contributed by atoms with Crippen LogP contribution >= 0.6 is 11.8 Å². The van der Waals surface area contributed by atoms with Gasteiger partial charge in [0.2, 0.25) is 5.88 Å². The molecule has 1 fully saturated rings. The predicted octanol–water partition coefficient (Wildman–Crippen LogP) is 4.22. The minimum Gasteiger partial charge on any atom is -0.490 e. The molecule has 0 spiro atoms. The summed E-state index contributed by atoms with van der Waals surface area (Å²) >= 11 is 2.03. The van der Waals surface area contributed by atoms with Crippen molar-refractivity contribution < 1.29 is 9.47 Å². The summed E-state index contributed by atoms with van der Waals surface area (Å²) in [6, 6.07) is 11.6. The van der Waals surface area contributed by atoms with E-state index in [9.17, 15) is 0 Å². The molecule has 2 N–H and O–H groups in total. The smallest absolute Gasteiger partial charge is 0.224 e. The highest BCUT2D eigenvalue weighted by molar-refractivity contribution is 8.00. The molecule has 3 rings (SSSR count). The Labute approximate surface area is 177 Å². The lowest BCUT2D eigenvalue weighted by Gasteiger charge is -2.16. The average Bonchev–Trinajstić information content (AvgIpc) is 3.28. The van der Waals surface area contributed by atoms with Crippen molar-refractivity contribution in [2.75, 3.05) is 26.0 Å². The van der Waals surface area contributed by atoms with E-state index in [1.165, 1.54) is 18.6 Å². The van der Waals surface area contributed by atoms with Crippen LogP contribution in [0.3, 0.4) is 0 Å². The number of guanidine groups is 1. The number of pyridine rings is 1. The van der Waals surface area contributed by atoms with Gasteiger partial charge in [0.25, 0.3) is 0 Å². The third-order valence-electron chi connectivity index (χ3n) is 4.56. The number of para-hydroxylation sites is 2. The molecular weight excluding hydrogens is 384 g/mol. The number of ether oxygens (including phenoxy) is 2. The van der Waals surface area contributed by atoms with Gasteiger partial charge in [-0.1, -0.05) is 25.1 Å². The first-order valence-electron chi connectivity index (χ1n) is 10.2. The van der Waals surface area contributed by atoms with Gasteiger partial charge in [-0.3, -0.25) is 4.99 Å². The molecule has 156 valence electrons. The number of benzene rings is 1. The van der Waals surface area contributed by atoms with Gasteiger partial charge in [-0.15, -0.1) is 0 Å². The summed E-state index contributed by atoms with van der Waals surface area (Å²) in [6.45, 7) is 4.23. The summed E-state index contributed by atoms with van der Waals surface area (Å²) in [5, 5.41) is 7.45. The second-order valence-electron chi connectivity index (χ2n) is 6.81. The van der Waals surface area contributed by atoms with Crippen LogP contribution in [0.1, 0.15) is 31.7 Å². The molecule has 29 heavy (non-hydrogen) atoms. The fourth-order valence-corrected chi connectivity index (χ4v) is 4.24. The van der Waals surface area contributed by atoms with Crippen LogP contribution in [0.25, 0.3) is 0 Å². The van der Waals surface area contributed by atoms with Crippen LogP contribution < -0.4 is 20.1 Å². The second kappa shape index (κ2) is 11.6. The maximum Gasteiger partial charge on any atom is 0.224 e. The number of aliphatic imine (C=N–C) groups is 1. The Morgan fingerprint density at radius 1 is 1.21 bits per heavy atom. The lowest BCUT2D eigenvalue weighted by Crippen LogP contribution is -2.39. The monoisotopic (exact) mass is 414 g/mol. The summed E-state index contributed by atoms with van der Waals surface area (Å²) < 4.78 is 11.9. The van der Waals surface area contributed by atoms with Crippen LogP contribution in [0.4, 0.5) is 0 Å². The Morgan fingerprint density at radius 3 is 2.83 bits per heavy atom. The van der Waals surface area contributed by atoms with Crippen LogP contribution in [0.5, 0.6) is 17.4 Å². The van der Waals surface area contributed by atoms with Crippen molar-refractivity contribution in [1.29, 1.82) is 0 Å². The van der Waals surface area contributed by atoms with Crippen molar-refractivity contribution in [1.82, 2.24) is 15.6 Å². The molecule has 2 heterocycles. The predicted molar refractivity (Wildman–Crippen MR) is 120 cm³/mol. The molecule has 0 saturated carbocycles. The number of thioether (sulfide) groups is 1. The third-order valence-corrected chi connectivity index (χ3v) is 5.96. The summed E-state index contributed by atoms with van der Waals surface area (Å²) in [6.07, 6.45) is 5.26. The van der Waals surface area contributed by atoms with Gasteiger partial charge in [0.15, 0.2) is 17.5 Å². The maximum absolute atomic E-state index is 6.11. The molecule has 0 radical (unpaired) electrons. The van der Waals surface area contributed by atoms with Crippen molar-refractivity contribution in [3.8, 4) is 17.4 Å². The van der Waals surface area contributed by atoms with Crippen LogP contribution in [0, 0.1) is 0 Å². The van der Waals surface area contributed by atoms with Crippen molar-refractivity contribution in [2.45, 2.75) is 38.0 Å². The number of hydrogen-bond acceptors (Lipinski definition) is 5. The number of hydrogen-bond donors (Lipinski definition) is 2. The summed E-state index contributed by atoms with van der Waals surface area (Å²) in [5.74, 6) is 4.01. The van der Waals surface area contributed by atoms with E-state index in [0.29, 0.717) is 30.0 Å². The fraction of sp³-hybridized carbons (Fsp3) is 0.455. The van der Waals surface area contributed by atoms with Gasteiger partial charge >= 0.3 is 0 Å². The standard InChI is InChI=1S/C22H30N4O2S/c1-3-13-27-19-10-4-5-11-20(19)28-21-17(8-6-12-24-21)15-25-22(23-2)26-16-18-9-7-14-29-18/h4-6,8,10-12,18H,3,7,9,13-16H2,1-2H3,(H2,23,25,26). The summed E-state index contributed by atoms with van der Waals surface area (Å²) in [4.78, 5) is 8.76. The normalized spacial score (nSPS) is 16.5. The topological polar surface area (TPSA) is 67.8 Å². The van der Waals surface area contributed by atoms with Gasteiger partial charge < -0.3 is 20.1 Å². The molecule has 1 aromatic carbocycles. The van der Waals surface area contributed by atoms with Crippen LogP contribution in [0.2, 0.25) is 0 Å². The molecule has 1 unspecified atom stereocenters. The molecule has 1 aliphatic heterocycles. The van der Waals surface area contributed by atoms with E-state index >= 15 is 0 Å². The first-order valence-corrected chi connectivity index (χ1v) is 11.2. The van der Waals surface area contributed by atoms with Crippen LogP contribution in [-0.4, -0.2) is 42.1 Å². The zero-order valence-corrected chi connectivity index (χ0v) is 18.0. The van der Waals surface area contributed by atoms with Crippen molar-refractivity contribution in [2.24, 2.45) is 4.99 Å². The molecule has 1 aromatic heterocycles. The minimum atomic E-state index is 0.564. The molecule has 1 saturated heterocycles. The first-order chi connectivity index (χ1) is 14.3. The van der Waals surface area contributed by atoms with Crippen molar-refractivity contribution in [3.05, 3.63) is 48.2 Å². The Bertz CT molecular complexity index is 794. The van der Waals surface area contributed by atoms with E-state index in [0.717, 1.165) is 30.2 Å². The van der Waals surface area contributed by atoms with E-state index in [1.54, 1.807) is 13.2 Å². The number of nitrogens with one attached hydrogen (secondary N) is 2. The second-order valence-corrected chi connectivity index (χ2v) is 8.21. The molecule has 0 aliphatic carbocycles. The number of aromatic nitrogens is 1. The van der Waals surface area contributed by atoms with E-state index in [-0.39, 0.29) is 0 Å². The zero-order valence-electron chi connectivity index (χ0n) is 17.2. The third kappa shape index (κ3) is 6.56. The SMILES string of the molecule is CCCOc1ccccc1Oc1ncccc1CNC(=NC)NCC1CCCS1. The molecule has 1 atom stereocenters. The Balaban J connectivity index is 1.61. The number of nitrogens with zero attached hydrogens (tertiary/aromatic N) is 2. The molecule has 0 amide bonds. The highest BCUT2D eigenvalue weighted by Gasteiger charge is 2.16. The van der Waals surface area contributed by atoms with E-state index in [4.69, 9.17) is 9.47 Å². The quantitative estimate of drug-likeness (QED) is 0.473. The van der Waals surface area contributed by atoms with Crippen molar-refractivity contribution in [3.63, 3.8) is 0 Å². The van der Waals surface area contributed by atoms with Crippen molar-refractivity contribution >= 4 is 17.7 Å². The zero-order chi connectivity index (χ0) is 20.3. The van der Waals surface area contributed by atoms with E-state index < -0.39 is 0 Å². The summed E-state index contributed by atoms with van der Waals surface area (Å²) in [7, 11) is 1.79. The van der Waals surface area contributed by atoms with Gasteiger partial charge in [-0.2, -0.15) is 11.8 Å². The fourth-order valence-electron chi connectivity index (χ4n) is 3.04. The highest BCUT2D eigenvalue weighted by Crippen LogP contribution is 2.32. The Hall–Kier alpha value is -2.41. The lowest BCUT2D eigenvalue weighted by molar-refractivity contribution is 0.300. The van der Waals surface area contributed by atoms with Crippen LogP contribution in [-0.2, 0) is 6.54 Å². The van der Waals surface area contributed by atoms with Crippen LogP contribution in [0.15, 0.2) is 47.6 Å². The average molecular weight is 415 g/mol. The van der Waals surface area contributed by atoms with Gasteiger partial charge in [-0.25, -0.2) is 4.98 Å². The Kier molecular flexibility index (Phi) is 8.49. The van der Waals surface area contributed by atoms with E-state index in [2.05, 4.69) is 27.5 Å². The maximum atomic E-state index is 6.11. The first kappa shape index (κ1) is 21.3. The van der Waals surface area contributed by atoms with Gasteiger partial charge in [0.1, 0.15) is 0 Å². The van der Waals surface area contributed by atoms with Gasteiger partial charge in [0, 0.05) is 37.1 Å². The molecule has 1 aliphatic rings. The lowest BCUT2D eigenvalue weighted by atomic mass is 10.2. The van der Waals surface area contributed by atoms with Gasteiger partial charge in [-0.05, 0) is 43.2 Å². The largest absolute Gasteiger partial charge is 0.490 e.